The SMILES string of the molecule is C[Si](C)=[Zr+2].Cc1cc2c(-c3ccccc3)c(C)c(C)c(C)c2[cH-]1.Cc1ccc(C)c2[cH-]c(C(C)C)cc12.[Cl-].[Cl-]. The van der Waals surface area contributed by atoms with Crippen molar-refractivity contribution < 1.29 is 48.1 Å². The fourth-order valence-corrected chi connectivity index (χ4v) is 4.97. The van der Waals surface area contributed by atoms with Gasteiger partial charge in [0.25, 0.3) is 0 Å². The predicted octanol–water partition coefficient (Wildman–Crippen LogP) is 4.55. The van der Waals surface area contributed by atoms with Crippen LogP contribution in [0.1, 0.15) is 58.7 Å². The van der Waals surface area contributed by atoms with Crippen molar-refractivity contribution >= 4 is 27.0 Å². The molecule has 0 N–H and O–H groups in total. The fraction of sp³-hybridized carbons (Fsp3) is 0.314. The van der Waals surface area contributed by atoms with Crippen LogP contribution in [0.25, 0.3) is 32.7 Å². The van der Waals surface area contributed by atoms with E-state index in [0.717, 1.165) is 0 Å². The van der Waals surface area contributed by atoms with Crippen molar-refractivity contribution in [1.29, 1.82) is 0 Å². The molecule has 0 aromatic heterocycles. The molecule has 0 spiro atoms. The van der Waals surface area contributed by atoms with Crippen molar-refractivity contribution in [3.8, 4) is 11.1 Å². The molecular weight excluding hydrogens is 611 g/mol. The summed E-state index contributed by atoms with van der Waals surface area (Å²) in [6, 6.07) is 24.4. The van der Waals surface area contributed by atoms with E-state index >= 15 is 0 Å². The zero-order valence-electron chi connectivity index (χ0n) is 25.2. The molecule has 0 aliphatic rings. The first-order chi connectivity index (χ1) is 17.4. The monoisotopic (exact) mass is 650 g/mol. The van der Waals surface area contributed by atoms with Crippen LogP contribution in [0.4, 0.5) is 0 Å². The molecule has 5 aromatic carbocycles. The van der Waals surface area contributed by atoms with E-state index in [1.165, 1.54) is 71.6 Å². The summed E-state index contributed by atoms with van der Waals surface area (Å²) in [7, 11) is 0. The van der Waals surface area contributed by atoms with Crippen molar-refractivity contribution in [2.75, 3.05) is 0 Å². The zero-order valence-corrected chi connectivity index (χ0v) is 30.2. The molecule has 0 saturated heterocycles. The Hall–Kier alpha value is -1.44. The van der Waals surface area contributed by atoms with E-state index in [0.29, 0.717) is 5.92 Å². The van der Waals surface area contributed by atoms with Gasteiger partial charge in [-0.05, 0) is 32.3 Å². The van der Waals surface area contributed by atoms with Crippen LogP contribution < -0.4 is 24.8 Å². The van der Waals surface area contributed by atoms with Gasteiger partial charge < -0.3 is 24.8 Å². The van der Waals surface area contributed by atoms with Crippen LogP contribution in [-0.2, 0) is 23.3 Å². The first-order valence-corrected chi connectivity index (χ1v) is 19.5. The van der Waals surface area contributed by atoms with E-state index in [2.05, 4.69) is 135 Å². The quantitative estimate of drug-likeness (QED) is 0.194. The van der Waals surface area contributed by atoms with E-state index < -0.39 is 0 Å². The van der Waals surface area contributed by atoms with E-state index in [1.54, 1.807) is 23.3 Å². The van der Waals surface area contributed by atoms with Gasteiger partial charge in [0.05, 0.1) is 0 Å². The molecule has 0 atom stereocenters. The van der Waals surface area contributed by atoms with E-state index in [4.69, 9.17) is 0 Å². The first-order valence-electron chi connectivity index (χ1n) is 13.3. The molecule has 0 amide bonds. The Bertz CT molecular complexity index is 1500. The normalized spacial score (nSPS) is 10.3. The molecule has 0 radical (unpaired) electrons. The maximum atomic E-state index is 2.34. The Balaban J connectivity index is 0.000000338. The minimum atomic E-state index is 0. The van der Waals surface area contributed by atoms with Gasteiger partial charge in [0.2, 0.25) is 0 Å². The molecule has 206 valence electrons. The van der Waals surface area contributed by atoms with Crippen LogP contribution in [0.15, 0.2) is 66.7 Å². The molecule has 0 heterocycles. The molecule has 0 aliphatic carbocycles. The minimum Gasteiger partial charge on any atom is -1.00 e. The summed E-state index contributed by atoms with van der Waals surface area (Å²) < 4.78 is 0. The van der Waals surface area contributed by atoms with E-state index in [-0.39, 0.29) is 30.2 Å². The summed E-state index contributed by atoms with van der Waals surface area (Å²) in [5.74, 6) is 0.626. The third-order valence-corrected chi connectivity index (χ3v) is 7.28. The molecule has 5 aromatic rings. The summed E-state index contributed by atoms with van der Waals surface area (Å²) >= 11 is 1.74. The summed E-state index contributed by atoms with van der Waals surface area (Å²) in [4.78, 5) is 0. The van der Waals surface area contributed by atoms with Crippen molar-refractivity contribution in [3.63, 3.8) is 0 Å². The first kappa shape index (κ1) is 35.6. The van der Waals surface area contributed by atoms with Crippen LogP contribution in [-0.4, -0.2) is 5.43 Å². The molecule has 0 saturated carbocycles. The Labute approximate surface area is 264 Å². The van der Waals surface area contributed by atoms with Crippen molar-refractivity contribution in [3.05, 3.63) is 106 Å². The Morgan fingerprint density at radius 3 is 1.77 bits per heavy atom. The number of benzene rings is 3. The number of hydrogen-bond acceptors (Lipinski definition) is 0. The van der Waals surface area contributed by atoms with Gasteiger partial charge in [0, 0.05) is 0 Å². The van der Waals surface area contributed by atoms with Gasteiger partial charge in [-0.3, -0.25) is 0 Å². The molecule has 0 bridgehead atoms. The standard InChI is InChI=1S/C19H19.C14H17.C2H6Si.2ClH.Zr/c1-12-10-17-14(3)13(2)15(4)19(18(17)11-12)16-8-6-5-7-9-16;1-9(2)12-7-13-10(3)5-6-11(4)14(13)8-12;1-3-2;;;/h5-11H,1-4H3;5-9H,1-4H3;1-2H3;2*1H;/q2*-1;;;;+2/p-2. The average molecular weight is 653 g/mol. The molecule has 5 rings (SSSR count). The molecule has 0 unspecified atom stereocenters. The van der Waals surface area contributed by atoms with Gasteiger partial charge in [-0.1, -0.05) is 93.3 Å². The van der Waals surface area contributed by atoms with Crippen molar-refractivity contribution in [1.82, 2.24) is 0 Å². The average Bonchev–Trinajstić information content (AvgIpc) is 3.46. The molecule has 4 heteroatoms. The number of fused-ring (bicyclic) bond motifs is 2. The summed E-state index contributed by atoms with van der Waals surface area (Å²) in [5, 5.41) is 5.64. The van der Waals surface area contributed by atoms with Crippen LogP contribution in [0, 0.1) is 41.5 Å². The van der Waals surface area contributed by atoms with Gasteiger partial charge in [-0.15, -0.1) is 62.0 Å². The number of rotatable bonds is 2. The van der Waals surface area contributed by atoms with Crippen LogP contribution in [0.2, 0.25) is 13.1 Å². The summed E-state index contributed by atoms with van der Waals surface area (Å²) in [5.41, 5.74) is 12.7. The van der Waals surface area contributed by atoms with E-state index in [1.807, 2.05) is 0 Å². The largest absolute Gasteiger partial charge is 1.00 e. The zero-order chi connectivity index (χ0) is 27.4. The molecule has 39 heavy (non-hydrogen) atoms. The van der Waals surface area contributed by atoms with E-state index in [9.17, 15) is 0 Å². The smallest absolute Gasteiger partial charge is 0.0276 e. The van der Waals surface area contributed by atoms with Gasteiger partial charge in [0.1, 0.15) is 0 Å². The van der Waals surface area contributed by atoms with Crippen molar-refractivity contribution in [2.45, 2.75) is 74.4 Å². The second-order valence-corrected chi connectivity index (χ2v) is 20.3. The Kier molecular flexibility index (Phi) is 14.2. The Morgan fingerprint density at radius 1 is 0.667 bits per heavy atom. The number of hydrogen-bond donors (Lipinski definition) is 0. The maximum Gasteiger partial charge on any atom is -0.0276 e. The van der Waals surface area contributed by atoms with Gasteiger partial charge in [-0.25, -0.2) is 0 Å². The third kappa shape index (κ3) is 8.53. The van der Waals surface area contributed by atoms with Gasteiger partial charge >= 0.3 is 41.9 Å². The maximum absolute atomic E-state index is 2.34. The minimum absolute atomic E-state index is 0. The Morgan fingerprint density at radius 2 is 1.23 bits per heavy atom. The third-order valence-electron chi connectivity index (χ3n) is 7.28. The van der Waals surface area contributed by atoms with Crippen LogP contribution in [0.5, 0.6) is 0 Å². The van der Waals surface area contributed by atoms with Crippen LogP contribution in [0.3, 0.4) is 0 Å². The van der Waals surface area contributed by atoms with Crippen LogP contribution >= 0.6 is 0 Å². The molecular formula is C35H42Cl2SiZr-2. The number of aryl methyl sites for hydroxylation is 4. The number of halogens is 2. The summed E-state index contributed by atoms with van der Waals surface area (Å²) in [6.07, 6.45) is 0. The van der Waals surface area contributed by atoms with Crippen molar-refractivity contribution in [2.24, 2.45) is 0 Å². The molecule has 0 aliphatic heterocycles. The second kappa shape index (κ2) is 15.5. The molecule has 0 nitrogen and oxygen atoms in total. The van der Waals surface area contributed by atoms with Gasteiger partial charge in [-0.2, -0.15) is 12.1 Å². The molecule has 0 fully saturated rings. The predicted molar refractivity (Wildman–Crippen MR) is 165 cm³/mol. The topological polar surface area (TPSA) is 0 Å². The van der Waals surface area contributed by atoms with Gasteiger partial charge in [0.15, 0.2) is 0 Å². The summed E-state index contributed by atoms with van der Waals surface area (Å²) in [6.45, 7) is 22.4. The fourth-order valence-electron chi connectivity index (χ4n) is 4.97. The second-order valence-electron chi connectivity index (χ2n) is 10.9.